The number of benzene rings is 1. The minimum absolute atomic E-state index is 0.131. The van der Waals surface area contributed by atoms with E-state index in [4.69, 9.17) is 21.8 Å². The standard InChI is InChI=1S/C10H9ClFNO6S/c11-6-2-1-3-7(10(6)12)20(18,19)13(4-8(14)15)5-9(16)17/h1-3H,4-5H2,(H,14,15)(H,16,17). The van der Waals surface area contributed by atoms with Crippen molar-refractivity contribution in [3.63, 3.8) is 0 Å². The highest BCUT2D eigenvalue weighted by atomic mass is 35.5. The van der Waals surface area contributed by atoms with Crippen molar-refractivity contribution < 1.29 is 32.6 Å². The van der Waals surface area contributed by atoms with E-state index < -0.39 is 50.8 Å². The summed E-state index contributed by atoms with van der Waals surface area (Å²) in [5.41, 5.74) is 0. The van der Waals surface area contributed by atoms with E-state index in [9.17, 15) is 22.4 Å². The van der Waals surface area contributed by atoms with E-state index in [1.165, 1.54) is 0 Å². The van der Waals surface area contributed by atoms with E-state index in [-0.39, 0.29) is 4.31 Å². The number of rotatable bonds is 6. The zero-order chi connectivity index (χ0) is 15.5. The van der Waals surface area contributed by atoms with Gasteiger partial charge in [-0.25, -0.2) is 12.8 Å². The van der Waals surface area contributed by atoms with Gasteiger partial charge in [0.25, 0.3) is 0 Å². The normalized spacial score (nSPS) is 11.6. The van der Waals surface area contributed by atoms with Crippen molar-refractivity contribution in [2.75, 3.05) is 13.1 Å². The summed E-state index contributed by atoms with van der Waals surface area (Å²) in [6.45, 7) is -2.22. The summed E-state index contributed by atoms with van der Waals surface area (Å²) in [6.07, 6.45) is 0. The molecule has 0 fully saturated rings. The molecule has 110 valence electrons. The van der Waals surface area contributed by atoms with Crippen LogP contribution in [-0.2, 0) is 19.6 Å². The molecule has 20 heavy (non-hydrogen) atoms. The molecule has 1 rings (SSSR count). The van der Waals surface area contributed by atoms with Crippen LogP contribution in [0.4, 0.5) is 4.39 Å². The maximum absolute atomic E-state index is 13.7. The Bertz CT molecular complexity index is 631. The fourth-order valence-electron chi connectivity index (χ4n) is 1.35. The Kier molecular flexibility index (Phi) is 5.03. The van der Waals surface area contributed by atoms with Gasteiger partial charge in [0.05, 0.1) is 5.02 Å². The summed E-state index contributed by atoms with van der Waals surface area (Å²) < 4.78 is 38.0. The molecule has 1 aromatic carbocycles. The maximum Gasteiger partial charge on any atom is 0.318 e. The lowest BCUT2D eigenvalue weighted by Crippen LogP contribution is -2.39. The van der Waals surface area contributed by atoms with E-state index in [1.54, 1.807) is 0 Å². The Morgan fingerprint density at radius 1 is 1.20 bits per heavy atom. The summed E-state index contributed by atoms with van der Waals surface area (Å²) in [7, 11) is -4.63. The number of carboxylic acids is 2. The summed E-state index contributed by atoms with van der Waals surface area (Å²) in [6, 6.07) is 3.12. The molecule has 0 aliphatic heterocycles. The summed E-state index contributed by atoms with van der Waals surface area (Å²) in [5, 5.41) is 16.7. The second-order valence-electron chi connectivity index (χ2n) is 3.61. The quantitative estimate of drug-likeness (QED) is 0.793. The average Bonchev–Trinajstić information content (AvgIpc) is 2.30. The largest absolute Gasteiger partial charge is 0.480 e. The van der Waals surface area contributed by atoms with Crippen LogP contribution >= 0.6 is 11.6 Å². The van der Waals surface area contributed by atoms with Crippen LogP contribution in [0.25, 0.3) is 0 Å². The lowest BCUT2D eigenvalue weighted by atomic mass is 10.3. The highest BCUT2D eigenvalue weighted by molar-refractivity contribution is 7.89. The molecule has 0 unspecified atom stereocenters. The van der Waals surface area contributed by atoms with Crippen LogP contribution in [0.5, 0.6) is 0 Å². The van der Waals surface area contributed by atoms with E-state index >= 15 is 0 Å². The second-order valence-corrected chi connectivity index (χ2v) is 5.93. The Morgan fingerprint density at radius 2 is 1.70 bits per heavy atom. The lowest BCUT2D eigenvalue weighted by molar-refractivity contribution is -0.139. The minimum Gasteiger partial charge on any atom is -0.480 e. The minimum atomic E-state index is -4.63. The van der Waals surface area contributed by atoms with Crippen LogP contribution < -0.4 is 0 Å². The van der Waals surface area contributed by atoms with Gasteiger partial charge < -0.3 is 10.2 Å². The third kappa shape index (κ3) is 3.65. The molecule has 0 atom stereocenters. The number of carbonyl (C=O) groups is 2. The Hall–Kier alpha value is -1.71. The molecule has 0 bridgehead atoms. The van der Waals surface area contributed by atoms with Gasteiger partial charge in [-0.2, -0.15) is 4.31 Å². The Morgan fingerprint density at radius 3 is 2.15 bits per heavy atom. The van der Waals surface area contributed by atoms with Crippen LogP contribution in [0, 0.1) is 5.82 Å². The van der Waals surface area contributed by atoms with Crippen molar-refractivity contribution in [3.8, 4) is 0 Å². The first-order valence-corrected chi connectivity index (χ1v) is 6.86. The number of carboxylic acid groups (broad SMARTS) is 2. The summed E-state index contributed by atoms with van der Waals surface area (Å²) in [4.78, 5) is 20.3. The molecule has 0 aliphatic rings. The topological polar surface area (TPSA) is 112 Å². The van der Waals surface area contributed by atoms with Crippen molar-refractivity contribution in [3.05, 3.63) is 29.0 Å². The summed E-state index contributed by atoms with van der Waals surface area (Å²) >= 11 is 5.45. The highest BCUT2D eigenvalue weighted by Gasteiger charge is 2.31. The monoisotopic (exact) mass is 325 g/mol. The number of sulfonamides is 1. The van der Waals surface area contributed by atoms with Gasteiger partial charge in [-0.1, -0.05) is 17.7 Å². The fraction of sp³-hybridized carbons (Fsp3) is 0.200. The molecule has 0 amide bonds. The third-order valence-corrected chi connectivity index (χ3v) is 4.26. The smallest absolute Gasteiger partial charge is 0.318 e. The molecule has 0 spiro atoms. The predicted molar refractivity (Wildman–Crippen MR) is 65.4 cm³/mol. The first-order valence-electron chi connectivity index (χ1n) is 5.04. The second kappa shape index (κ2) is 6.16. The van der Waals surface area contributed by atoms with E-state index in [2.05, 4.69) is 0 Å². The molecule has 0 aromatic heterocycles. The van der Waals surface area contributed by atoms with Gasteiger partial charge in [0.15, 0.2) is 5.82 Å². The number of aliphatic carboxylic acids is 2. The molecule has 0 aliphatic carbocycles. The van der Waals surface area contributed by atoms with Crippen LogP contribution in [0.2, 0.25) is 5.02 Å². The first-order chi connectivity index (χ1) is 9.16. The van der Waals surface area contributed by atoms with Gasteiger partial charge in [-0.15, -0.1) is 0 Å². The fourth-order valence-corrected chi connectivity index (χ4v) is 3.01. The molecular weight excluding hydrogens is 317 g/mol. The maximum atomic E-state index is 13.7. The summed E-state index contributed by atoms with van der Waals surface area (Å²) in [5.74, 6) is -4.41. The van der Waals surface area contributed by atoms with Crippen LogP contribution in [0.3, 0.4) is 0 Å². The molecule has 0 radical (unpaired) electrons. The van der Waals surface area contributed by atoms with Crippen molar-refractivity contribution in [1.82, 2.24) is 4.31 Å². The average molecular weight is 326 g/mol. The molecule has 0 saturated carbocycles. The zero-order valence-electron chi connectivity index (χ0n) is 9.79. The van der Waals surface area contributed by atoms with Crippen molar-refractivity contribution >= 4 is 33.6 Å². The zero-order valence-corrected chi connectivity index (χ0v) is 11.4. The van der Waals surface area contributed by atoms with Crippen LogP contribution in [-0.4, -0.2) is 48.0 Å². The number of halogens is 2. The van der Waals surface area contributed by atoms with Gasteiger partial charge in [-0.05, 0) is 12.1 Å². The molecule has 2 N–H and O–H groups in total. The number of hydrogen-bond acceptors (Lipinski definition) is 4. The van der Waals surface area contributed by atoms with Gasteiger partial charge in [-0.3, -0.25) is 9.59 Å². The Labute approximate surface area is 118 Å². The lowest BCUT2D eigenvalue weighted by Gasteiger charge is -2.18. The van der Waals surface area contributed by atoms with Crippen LogP contribution in [0.1, 0.15) is 0 Å². The Balaban J connectivity index is 3.32. The number of hydrogen-bond donors (Lipinski definition) is 2. The van der Waals surface area contributed by atoms with E-state index in [1.807, 2.05) is 0 Å². The van der Waals surface area contributed by atoms with Gasteiger partial charge in [0.2, 0.25) is 10.0 Å². The van der Waals surface area contributed by atoms with Gasteiger partial charge in [0.1, 0.15) is 18.0 Å². The predicted octanol–water partition coefficient (Wildman–Crippen LogP) is 0.639. The van der Waals surface area contributed by atoms with Crippen molar-refractivity contribution in [1.29, 1.82) is 0 Å². The molecule has 7 nitrogen and oxygen atoms in total. The van der Waals surface area contributed by atoms with E-state index in [0.717, 1.165) is 18.2 Å². The molecule has 10 heteroatoms. The van der Waals surface area contributed by atoms with E-state index in [0.29, 0.717) is 0 Å². The third-order valence-electron chi connectivity index (χ3n) is 2.16. The number of nitrogens with zero attached hydrogens (tertiary/aromatic N) is 1. The van der Waals surface area contributed by atoms with Gasteiger partial charge in [0, 0.05) is 0 Å². The van der Waals surface area contributed by atoms with Gasteiger partial charge >= 0.3 is 11.9 Å². The van der Waals surface area contributed by atoms with Crippen LogP contribution in [0.15, 0.2) is 23.1 Å². The molecule has 0 heterocycles. The SMILES string of the molecule is O=C(O)CN(CC(=O)O)S(=O)(=O)c1cccc(Cl)c1F. The molecular formula is C10H9ClFNO6S. The van der Waals surface area contributed by atoms with Crippen molar-refractivity contribution in [2.24, 2.45) is 0 Å². The molecule has 1 aromatic rings. The van der Waals surface area contributed by atoms with Crippen molar-refractivity contribution in [2.45, 2.75) is 4.90 Å². The molecule has 0 saturated heterocycles. The highest BCUT2D eigenvalue weighted by Crippen LogP contribution is 2.24. The first kappa shape index (κ1) is 16.3.